The molecule has 0 spiro atoms. The van der Waals surface area contributed by atoms with Crippen LogP contribution in [0, 0.1) is 0 Å². The molecule has 1 aromatic carbocycles. The molecule has 6 heteroatoms. The Kier molecular flexibility index (Phi) is 2.22. The van der Waals surface area contributed by atoms with Crippen molar-refractivity contribution in [3.63, 3.8) is 0 Å². The van der Waals surface area contributed by atoms with E-state index in [1.807, 2.05) is 13.8 Å². The molecule has 94 valence electrons. The Balaban J connectivity index is 2.09. The average Bonchev–Trinajstić information content (AvgIpc) is 2.79. The Hall–Kier alpha value is -1.88. The SMILES string of the molecule is CC1(C)Oc2cc(Cl)c(-c3cc(N)no3)cc2O1. The third kappa shape index (κ3) is 1.76. The summed E-state index contributed by atoms with van der Waals surface area (Å²) in [6.45, 7) is 3.65. The molecule has 0 radical (unpaired) electrons. The molecular weight excluding hydrogens is 256 g/mol. The summed E-state index contributed by atoms with van der Waals surface area (Å²) in [6, 6.07) is 5.06. The van der Waals surface area contributed by atoms with Gasteiger partial charge in [0.15, 0.2) is 23.1 Å². The number of aromatic nitrogens is 1. The highest BCUT2D eigenvalue weighted by atomic mass is 35.5. The molecule has 18 heavy (non-hydrogen) atoms. The van der Waals surface area contributed by atoms with E-state index in [2.05, 4.69) is 5.16 Å². The topological polar surface area (TPSA) is 70.5 Å². The molecule has 5 nitrogen and oxygen atoms in total. The molecule has 1 aliphatic rings. The maximum atomic E-state index is 6.18. The van der Waals surface area contributed by atoms with Gasteiger partial charge in [-0.2, -0.15) is 0 Å². The summed E-state index contributed by atoms with van der Waals surface area (Å²) in [5, 5.41) is 4.12. The molecule has 1 aliphatic heterocycles. The first kappa shape index (κ1) is 11.2. The van der Waals surface area contributed by atoms with Crippen LogP contribution in [0.3, 0.4) is 0 Å². The quantitative estimate of drug-likeness (QED) is 0.859. The van der Waals surface area contributed by atoms with Gasteiger partial charge in [0.2, 0.25) is 5.79 Å². The summed E-state index contributed by atoms with van der Waals surface area (Å²) in [7, 11) is 0. The second-order valence-corrected chi connectivity index (χ2v) is 4.91. The number of hydrogen-bond donors (Lipinski definition) is 1. The highest BCUT2D eigenvalue weighted by Crippen LogP contribution is 2.45. The largest absolute Gasteiger partial charge is 0.449 e. The molecule has 3 rings (SSSR count). The Morgan fingerprint density at radius 2 is 1.83 bits per heavy atom. The molecule has 0 bridgehead atoms. The summed E-state index contributed by atoms with van der Waals surface area (Å²) < 4.78 is 16.3. The normalized spacial score (nSPS) is 15.9. The van der Waals surface area contributed by atoms with Crippen molar-refractivity contribution in [2.75, 3.05) is 5.73 Å². The van der Waals surface area contributed by atoms with Gasteiger partial charge in [-0.1, -0.05) is 16.8 Å². The van der Waals surface area contributed by atoms with Crippen LogP contribution in [0.4, 0.5) is 5.82 Å². The van der Waals surface area contributed by atoms with Crippen LogP contribution in [0.1, 0.15) is 13.8 Å². The van der Waals surface area contributed by atoms with Crippen molar-refractivity contribution in [2.24, 2.45) is 0 Å². The first-order valence-electron chi connectivity index (χ1n) is 5.39. The minimum absolute atomic E-state index is 0.305. The van der Waals surface area contributed by atoms with Crippen LogP contribution in [0.5, 0.6) is 11.5 Å². The molecular formula is C12H11ClN2O3. The Morgan fingerprint density at radius 3 is 2.44 bits per heavy atom. The summed E-state index contributed by atoms with van der Waals surface area (Å²) in [5.41, 5.74) is 6.19. The van der Waals surface area contributed by atoms with Crippen LogP contribution in [-0.4, -0.2) is 10.9 Å². The van der Waals surface area contributed by atoms with Crippen LogP contribution in [0.15, 0.2) is 22.7 Å². The number of ether oxygens (including phenoxy) is 2. The summed E-state index contributed by atoms with van der Waals surface area (Å²) in [5.74, 6) is 1.34. The maximum absolute atomic E-state index is 6.18. The fourth-order valence-electron chi connectivity index (χ4n) is 1.85. The van der Waals surface area contributed by atoms with Crippen molar-refractivity contribution in [3.05, 3.63) is 23.2 Å². The van der Waals surface area contributed by atoms with Gasteiger partial charge >= 0.3 is 0 Å². The fraction of sp³-hybridized carbons (Fsp3) is 0.250. The molecule has 2 N–H and O–H groups in total. The lowest BCUT2D eigenvalue weighted by Crippen LogP contribution is -2.29. The zero-order valence-corrected chi connectivity index (χ0v) is 10.6. The summed E-state index contributed by atoms with van der Waals surface area (Å²) >= 11 is 6.18. The molecule has 1 aromatic heterocycles. The molecule has 0 saturated heterocycles. The molecule has 0 fully saturated rings. The van der Waals surface area contributed by atoms with E-state index in [-0.39, 0.29) is 0 Å². The van der Waals surface area contributed by atoms with Crippen molar-refractivity contribution in [1.29, 1.82) is 0 Å². The van der Waals surface area contributed by atoms with Crippen LogP contribution in [-0.2, 0) is 0 Å². The van der Waals surface area contributed by atoms with Crippen molar-refractivity contribution in [2.45, 2.75) is 19.6 Å². The lowest BCUT2D eigenvalue weighted by molar-refractivity contribution is -0.0431. The Morgan fingerprint density at radius 1 is 1.17 bits per heavy atom. The van der Waals surface area contributed by atoms with Gasteiger partial charge in [-0.25, -0.2) is 0 Å². The van der Waals surface area contributed by atoms with Gasteiger partial charge in [-0.3, -0.25) is 0 Å². The zero-order valence-electron chi connectivity index (χ0n) is 9.86. The van der Waals surface area contributed by atoms with Gasteiger partial charge in [0.05, 0.1) is 5.02 Å². The van der Waals surface area contributed by atoms with Crippen molar-refractivity contribution in [1.82, 2.24) is 5.16 Å². The summed E-state index contributed by atoms with van der Waals surface area (Å²) in [4.78, 5) is 0. The van der Waals surface area contributed by atoms with E-state index in [0.717, 1.165) is 0 Å². The van der Waals surface area contributed by atoms with E-state index >= 15 is 0 Å². The molecule has 2 aromatic rings. The number of nitrogens with two attached hydrogens (primary N) is 1. The molecule has 0 saturated carbocycles. The molecule has 0 unspecified atom stereocenters. The first-order valence-corrected chi connectivity index (χ1v) is 5.76. The highest BCUT2D eigenvalue weighted by molar-refractivity contribution is 6.33. The first-order chi connectivity index (χ1) is 8.44. The van der Waals surface area contributed by atoms with E-state index in [4.69, 9.17) is 31.3 Å². The van der Waals surface area contributed by atoms with E-state index in [0.29, 0.717) is 33.7 Å². The van der Waals surface area contributed by atoms with Crippen molar-refractivity contribution in [3.8, 4) is 22.8 Å². The van der Waals surface area contributed by atoms with Gasteiger partial charge in [-0.15, -0.1) is 0 Å². The zero-order chi connectivity index (χ0) is 12.9. The average molecular weight is 267 g/mol. The van der Waals surface area contributed by atoms with E-state index in [1.165, 1.54) is 0 Å². The lowest BCUT2D eigenvalue weighted by atomic mass is 10.1. The standard InChI is InChI=1S/C12H11ClN2O3/c1-12(2)16-9-3-6(7(13)4-10(9)17-12)8-5-11(14)15-18-8/h3-5H,1-2H3,(H2,14,15). The number of hydrogen-bond acceptors (Lipinski definition) is 5. The summed E-state index contributed by atoms with van der Waals surface area (Å²) in [6.07, 6.45) is 0. The highest BCUT2D eigenvalue weighted by Gasteiger charge is 2.32. The smallest absolute Gasteiger partial charge is 0.246 e. The Labute approximate surface area is 108 Å². The van der Waals surface area contributed by atoms with Gasteiger partial charge in [-0.05, 0) is 6.07 Å². The van der Waals surface area contributed by atoms with E-state index in [9.17, 15) is 0 Å². The second kappa shape index (κ2) is 3.55. The molecule has 0 amide bonds. The lowest BCUT2D eigenvalue weighted by Gasteiger charge is -2.16. The van der Waals surface area contributed by atoms with Gasteiger partial charge in [0, 0.05) is 31.5 Å². The van der Waals surface area contributed by atoms with Gasteiger partial charge < -0.3 is 19.7 Å². The second-order valence-electron chi connectivity index (χ2n) is 4.50. The van der Waals surface area contributed by atoms with E-state index in [1.54, 1.807) is 18.2 Å². The minimum atomic E-state index is -0.690. The number of anilines is 1. The van der Waals surface area contributed by atoms with Crippen molar-refractivity contribution >= 4 is 17.4 Å². The number of nitrogen functional groups attached to an aromatic ring is 1. The molecule has 0 atom stereocenters. The van der Waals surface area contributed by atoms with Crippen LogP contribution in [0.2, 0.25) is 5.02 Å². The maximum Gasteiger partial charge on any atom is 0.246 e. The van der Waals surface area contributed by atoms with Crippen LogP contribution in [0.25, 0.3) is 11.3 Å². The van der Waals surface area contributed by atoms with Gasteiger partial charge in [0.25, 0.3) is 0 Å². The number of fused-ring (bicyclic) bond motifs is 1. The third-order valence-corrected chi connectivity index (χ3v) is 2.85. The third-order valence-electron chi connectivity index (χ3n) is 2.54. The number of benzene rings is 1. The number of halogens is 1. The van der Waals surface area contributed by atoms with Crippen molar-refractivity contribution < 1.29 is 14.0 Å². The minimum Gasteiger partial charge on any atom is -0.449 e. The predicted molar refractivity (Wildman–Crippen MR) is 66.7 cm³/mol. The van der Waals surface area contributed by atoms with Crippen LogP contribution < -0.4 is 15.2 Å². The van der Waals surface area contributed by atoms with Gasteiger partial charge in [0.1, 0.15) is 0 Å². The van der Waals surface area contributed by atoms with E-state index < -0.39 is 5.79 Å². The number of nitrogens with zero attached hydrogens (tertiary/aromatic N) is 1. The Bertz CT molecular complexity index is 622. The number of rotatable bonds is 1. The fourth-order valence-corrected chi connectivity index (χ4v) is 2.10. The molecule has 0 aliphatic carbocycles. The predicted octanol–water partition coefficient (Wildman–Crippen LogP) is 3.08. The monoisotopic (exact) mass is 266 g/mol. The van der Waals surface area contributed by atoms with Crippen LogP contribution >= 0.6 is 11.6 Å². The molecule has 2 heterocycles.